The van der Waals surface area contributed by atoms with E-state index in [1.54, 1.807) is 13.8 Å². The van der Waals surface area contributed by atoms with Gasteiger partial charge in [-0.15, -0.1) is 0 Å². The molecule has 1 N–H and O–H groups in total. The fourth-order valence-electron chi connectivity index (χ4n) is 2.61. The Balaban J connectivity index is 1.96. The first-order valence-corrected chi connectivity index (χ1v) is 9.16. The van der Waals surface area contributed by atoms with Crippen molar-refractivity contribution in [3.05, 3.63) is 27.5 Å². The van der Waals surface area contributed by atoms with Crippen LogP contribution in [0.15, 0.2) is 0 Å². The Kier molecular flexibility index (Phi) is 6.49. The number of rotatable bonds is 7. The number of likely N-dealkylation sites (N-methyl/N-ethyl adjacent to an activating group) is 1. The van der Waals surface area contributed by atoms with Gasteiger partial charge >= 0.3 is 5.97 Å². The van der Waals surface area contributed by atoms with Crippen LogP contribution in [-0.2, 0) is 23.1 Å². The van der Waals surface area contributed by atoms with Gasteiger partial charge in [0.25, 0.3) is 0 Å². The average molecular weight is 379 g/mol. The van der Waals surface area contributed by atoms with Crippen LogP contribution in [0.5, 0.6) is 0 Å². The number of amides is 1. The second kappa shape index (κ2) is 8.41. The lowest BCUT2D eigenvalue weighted by Gasteiger charge is -2.16. The van der Waals surface area contributed by atoms with Crippen molar-refractivity contribution in [3.63, 3.8) is 0 Å². The van der Waals surface area contributed by atoms with Gasteiger partial charge in [-0.25, -0.2) is 9.78 Å². The highest BCUT2D eigenvalue weighted by molar-refractivity contribution is 7.17. The molecule has 2 heterocycles. The second-order valence-electron chi connectivity index (χ2n) is 6.15. The number of hydrogen-bond donors (Lipinski definition) is 1. The van der Waals surface area contributed by atoms with Crippen molar-refractivity contribution in [2.24, 2.45) is 7.05 Å². The van der Waals surface area contributed by atoms with E-state index in [1.165, 1.54) is 0 Å². The van der Waals surface area contributed by atoms with E-state index in [2.05, 4.69) is 15.4 Å². The smallest absolute Gasteiger partial charge is 0.350 e. The summed E-state index contributed by atoms with van der Waals surface area (Å²) in [5.74, 6) is -0.599. The topological polar surface area (TPSA) is 89.4 Å². The van der Waals surface area contributed by atoms with Gasteiger partial charge in [0.05, 0.1) is 24.5 Å². The lowest BCUT2D eigenvalue weighted by atomic mass is 10.2. The minimum atomic E-state index is -0.414. The molecule has 0 aliphatic carbocycles. The van der Waals surface area contributed by atoms with Crippen LogP contribution in [0, 0.1) is 20.8 Å². The third-order valence-corrected chi connectivity index (χ3v) is 5.06. The van der Waals surface area contributed by atoms with Gasteiger partial charge in [-0.3, -0.25) is 14.4 Å². The molecule has 0 spiro atoms. The number of nitrogens with one attached hydrogen (secondary N) is 1. The van der Waals surface area contributed by atoms with Crippen molar-refractivity contribution >= 4 is 28.3 Å². The van der Waals surface area contributed by atoms with Gasteiger partial charge in [-0.05, 0) is 34.7 Å². The maximum Gasteiger partial charge on any atom is 0.350 e. The van der Waals surface area contributed by atoms with Crippen LogP contribution in [-0.4, -0.2) is 51.7 Å². The lowest BCUT2D eigenvalue weighted by Crippen LogP contribution is -2.30. The molecule has 2 aromatic rings. The summed E-state index contributed by atoms with van der Waals surface area (Å²) in [6, 6.07) is 0. The molecule has 9 heteroatoms. The number of carbonyl (C=O) groups excluding carboxylic acids is 2. The number of anilines is 1. The molecule has 142 valence electrons. The lowest BCUT2D eigenvalue weighted by molar-refractivity contribution is -0.117. The summed E-state index contributed by atoms with van der Waals surface area (Å²) in [5.41, 5.74) is 3.73. The standard InChI is InChI=1S/C17H25N5O3S/c1-7-25-16(24)15-11(3)18-17(26-15)19-14(23)9-21(5)8-13-10(2)20-22(6)12(13)4/h7-9H2,1-6H3,(H,18,19,23). The van der Waals surface area contributed by atoms with Crippen LogP contribution in [0.3, 0.4) is 0 Å². The van der Waals surface area contributed by atoms with Crippen molar-refractivity contribution in [2.75, 3.05) is 25.5 Å². The molecule has 0 aromatic carbocycles. The minimum Gasteiger partial charge on any atom is -0.462 e. The minimum absolute atomic E-state index is 0.184. The summed E-state index contributed by atoms with van der Waals surface area (Å²) in [4.78, 5) is 30.7. The highest BCUT2D eigenvalue weighted by atomic mass is 32.1. The first-order valence-electron chi connectivity index (χ1n) is 8.34. The fraction of sp³-hybridized carbons (Fsp3) is 0.529. The van der Waals surface area contributed by atoms with Crippen molar-refractivity contribution in [2.45, 2.75) is 34.2 Å². The maximum absolute atomic E-state index is 12.3. The van der Waals surface area contributed by atoms with E-state index in [9.17, 15) is 9.59 Å². The van der Waals surface area contributed by atoms with Gasteiger partial charge in [0.2, 0.25) is 5.91 Å². The van der Waals surface area contributed by atoms with Crippen molar-refractivity contribution < 1.29 is 14.3 Å². The van der Waals surface area contributed by atoms with Gasteiger partial charge in [0.15, 0.2) is 5.13 Å². The molecule has 0 bridgehead atoms. The number of esters is 1. The van der Waals surface area contributed by atoms with Gasteiger partial charge in [-0.1, -0.05) is 11.3 Å². The fourth-order valence-corrected chi connectivity index (χ4v) is 3.49. The molecule has 0 atom stereocenters. The van der Waals surface area contributed by atoms with Crippen LogP contribution in [0.25, 0.3) is 0 Å². The van der Waals surface area contributed by atoms with Crippen molar-refractivity contribution in [1.82, 2.24) is 19.7 Å². The molecule has 0 aliphatic heterocycles. The Morgan fingerprint density at radius 3 is 2.54 bits per heavy atom. The molecule has 0 unspecified atom stereocenters. The summed E-state index contributed by atoms with van der Waals surface area (Å²) in [6.45, 7) is 8.59. The summed E-state index contributed by atoms with van der Waals surface area (Å²) >= 11 is 1.13. The summed E-state index contributed by atoms with van der Waals surface area (Å²) in [5, 5.41) is 7.54. The van der Waals surface area contributed by atoms with E-state index in [1.807, 2.05) is 37.5 Å². The molecule has 0 saturated carbocycles. The first-order chi connectivity index (χ1) is 12.2. The van der Waals surface area contributed by atoms with Crippen LogP contribution in [0.4, 0.5) is 5.13 Å². The molecule has 0 fully saturated rings. The highest BCUT2D eigenvalue weighted by Crippen LogP contribution is 2.23. The van der Waals surface area contributed by atoms with Crippen molar-refractivity contribution in [1.29, 1.82) is 0 Å². The molecule has 0 aliphatic rings. The van der Waals surface area contributed by atoms with Gasteiger partial charge < -0.3 is 10.1 Å². The number of aromatic nitrogens is 3. The third-order valence-electron chi connectivity index (χ3n) is 4.00. The monoisotopic (exact) mass is 379 g/mol. The Morgan fingerprint density at radius 1 is 1.27 bits per heavy atom. The zero-order valence-corrected chi connectivity index (χ0v) is 16.9. The summed E-state index contributed by atoms with van der Waals surface area (Å²) in [7, 11) is 3.78. The van der Waals surface area contributed by atoms with Crippen LogP contribution in [0.1, 0.15) is 39.2 Å². The number of nitrogens with zero attached hydrogens (tertiary/aromatic N) is 4. The molecule has 1 amide bonds. The van der Waals surface area contributed by atoms with Gasteiger partial charge in [-0.2, -0.15) is 5.10 Å². The SMILES string of the molecule is CCOC(=O)c1sc(NC(=O)CN(C)Cc2c(C)nn(C)c2C)nc1C. The molecule has 0 radical (unpaired) electrons. The predicted molar refractivity (Wildman–Crippen MR) is 100 cm³/mol. The quantitative estimate of drug-likeness (QED) is 0.741. The summed E-state index contributed by atoms with van der Waals surface area (Å²) in [6.07, 6.45) is 0. The van der Waals surface area contributed by atoms with E-state index >= 15 is 0 Å². The Labute approximate surface area is 157 Å². The first kappa shape index (κ1) is 20.1. The number of thiazole rings is 1. The summed E-state index contributed by atoms with van der Waals surface area (Å²) < 4.78 is 6.83. The van der Waals surface area contributed by atoms with Gasteiger partial charge in [0, 0.05) is 24.8 Å². The Morgan fingerprint density at radius 2 is 1.96 bits per heavy atom. The van der Waals surface area contributed by atoms with E-state index in [4.69, 9.17) is 4.74 Å². The maximum atomic E-state index is 12.3. The second-order valence-corrected chi connectivity index (χ2v) is 7.15. The molecular formula is C17H25N5O3S. The molecular weight excluding hydrogens is 354 g/mol. The molecule has 2 rings (SSSR count). The largest absolute Gasteiger partial charge is 0.462 e. The van der Waals surface area contributed by atoms with E-state index in [0.717, 1.165) is 28.3 Å². The molecule has 26 heavy (non-hydrogen) atoms. The van der Waals surface area contributed by atoms with E-state index < -0.39 is 5.97 Å². The number of hydrogen-bond acceptors (Lipinski definition) is 7. The number of ether oxygens (including phenoxy) is 1. The van der Waals surface area contributed by atoms with E-state index in [0.29, 0.717) is 28.9 Å². The van der Waals surface area contributed by atoms with Crippen LogP contribution < -0.4 is 5.32 Å². The Bertz CT molecular complexity index is 812. The van der Waals surface area contributed by atoms with Crippen molar-refractivity contribution in [3.8, 4) is 0 Å². The zero-order chi connectivity index (χ0) is 19.4. The average Bonchev–Trinajstić information content (AvgIpc) is 3.02. The van der Waals surface area contributed by atoms with Crippen LogP contribution in [0.2, 0.25) is 0 Å². The molecule has 0 saturated heterocycles. The van der Waals surface area contributed by atoms with E-state index in [-0.39, 0.29) is 12.5 Å². The van der Waals surface area contributed by atoms with Gasteiger partial charge in [0.1, 0.15) is 4.88 Å². The molecule has 8 nitrogen and oxygen atoms in total. The third kappa shape index (κ3) is 4.67. The molecule has 2 aromatic heterocycles. The zero-order valence-electron chi connectivity index (χ0n) is 16.0. The number of aryl methyl sites for hydroxylation is 3. The highest BCUT2D eigenvalue weighted by Gasteiger charge is 2.18. The number of carbonyl (C=O) groups is 2. The normalized spacial score (nSPS) is 11.0. The van der Waals surface area contributed by atoms with Crippen LogP contribution >= 0.6 is 11.3 Å². The predicted octanol–water partition coefficient (Wildman–Crippen LogP) is 2.05. The Hall–Kier alpha value is -2.26.